The van der Waals surface area contributed by atoms with Crippen molar-refractivity contribution in [2.75, 3.05) is 6.61 Å². The van der Waals surface area contributed by atoms with Gasteiger partial charge < -0.3 is 15.3 Å². The van der Waals surface area contributed by atoms with E-state index in [4.69, 9.17) is 15.3 Å². The van der Waals surface area contributed by atoms with Crippen molar-refractivity contribution in [1.82, 2.24) is 0 Å². The number of hydrogen-bond donors (Lipinski definition) is 2. The summed E-state index contributed by atoms with van der Waals surface area (Å²) in [5.74, 6) is 0. The van der Waals surface area contributed by atoms with Crippen molar-refractivity contribution in [2.24, 2.45) is 5.73 Å². The summed E-state index contributed by atoms with van der Waals surface area (Å²) in [5, 5.41) is 8.54. The Morgan fingerprint density at radius 1 is 1.70 bits per heavy atom. The van der Waals surface area contributed by atoms with E-state index in [9.17, 15) is 0 Å². The van der Waals surface area contributed by atoms with Crippen LogP contribution in [-0.4, -0.2) is 11.7 Å². The molecular weight excluding hydrogens is 154 g/mol. The highest BCUT2D eigenvalue weighted by Crippen LogP contribution is 2.08. The molecule has 0 unspecified atom stereocenters. The van der Waals surface area contributed by atoms with Gasteiger partial charge in [-0.1, -0.05) is 0 Å². The summed E-state index contributed by atoms with van der Waals surface area (Å²) in [6, 6.07) is 1.43. The number of aliphatic hydroxyl groups is 1. The summed E-state index contributed by atoms with van der Waals surface area (Å²) in [6.07, 6.45) is 3.06. The Kier molecular flexibility index (Phi) is 4.11. The van der Waals surface area contributed by atoms with E-state index in [0.717, 1.165) is 5.56 Å². The van der Waals surface area contributed by atoms with Gasteiger partial charge in [-0.3, -0.25) is 0 Å². The van der Waals surface area contributed by atoms with Gasteiger partial charge in [0, 0.05) is 5.56 Å². The molecular formula is C6H10ClNO2. The first-order valence-electron chi connectivity index (χ1n) is 2.73. The van der Waals surface area contributed by atoms with E-state index in [1.165, 1.54) is 12.5 Å². The molecule has 10 heavy (non-hydrogen) atoms. The van der Waals surface area contributed by atoms with E-state index >= 15 is 0 Å². The third-order valence-electron chi connectivity index (χ3n) is 1.17. The molecule has 0 aromatic carbocycles. The largest absolute Gasteiger partial charge is 0.472 e. The van der Waals surface area contributed by atoms with Crippen LogP contribution in [0.5, 0.6) is 0 Å². The van der Waals surface area contributed by atoms with Crippen LogP contribution in [0.2, 0.25) is 0 Å². The molecule has 0 aliphatic heterocycles. The molecule has 0 saturated heterocycles. The van der Waals surface area contributed by atoms with Gasteiger partial charge in [0.25, 0.3) is 0 Å². The Balaban J connectivity index is 0.000000810. The molecule has 0 fully saturated rings. The van der Waals surface area contributed by atoms with E-state index in [1.54, 1.807) is 6.07 Å². The summed E-state index contributed by atoms with van der Waals surface area (Å²) in [5.41, 5.74) is 6.26. The number of rotatable bonds is 2. The fourth-order valence-corrected chi connectivity index (χ4v) is 0.591. The van der Waals surface area contributed by atoms with Crippen LogP contribution in [0, 0.1) is 0 Å². The minimum Gasteiger partial charge on any atom is -0.472 e. The van der Waals surface area contributed by atoms with Gasteiger partial charge in [0.05, 0.1) is 25.2 Å². The molecule has 1 rings (SSSR count). The first-order chi connectivity index (χ1) is 4.34. The minimum atomic E-state index is -0.302. The van der Waals surface area contributed by atoms with Crippen LogP contribution in [0.15, 0.2) is 23.0 Å². The van der Waals surface area contributed by atoms with E-state index in [2.05, 4.69) is 0 Å². The van der Waals surface area contributed by atoms with Crippen molar-refractivity contribution in [2.45, 2.75) is 6.04 Å². The van der Waals surface area contributed by atoms with E-state index in [0.29, 0.717) is 0 Å². The molecule has 1 aromatic rings. The Morgan fingerprint density at radius 2 is 2.40 bits per heavy atom. The molecule has 3 N–H and O–H groups in total. The van der Waals surface area contributed by atoms with Crippen molar-refractivity contribution in [1.29, 1.82) is 0 Å². The molecule has 0 aliphatic carbocycles. The highest BCUT2D eigenvalue weighted by Gasteiger charge is 2.03. The van der Waals surface area contributed by atoms with Crippen LogP contribution in [0.4, 0.5) is 0 Å². The summed E-state index contributed by atoms with van der Waals surface area (Å²) < 4.78 is 4.75. The third-order valence-corrected chi connectivity index (χ3v) is 1.17. The maximum atomic E-state index is 8.54. The zero-order valence-electron chi connectivity index (χ0n) is 5.36. The molecule has 1 heterocycles. The lowest BCUT2D eigenvalue weighted by Gasteiger charge is -2.01. The van der Waals surface area contributed by atoms with Gasteiger partial charge in [-0.15, -0.1) is 12.4 Å². The summed E-state index contributed by atoms with van der Waals surface area (Å²) in [7, 11) is 0. The van der Waals surface area contributed by atoms with Gasteiger partial charge in [0.1, 0.15) is 0 Å². The summed E-state index contributed by atoms with van der Waals surface area (Å²) in [4.78, 5) is 0. The zero-order chi connectivity index (χ0) is 6.69. The number of nitrogens with two attached hydrogens (primary N) is 1. The maximum absolute atomic E-state index is 8.54. The molecule has 58 valence electrons. The number of aliphatic hydroxyl groups excluding tert-OH is 1. The van der Waals surface area contributed by atoms with Gasteiger partial charge in [-0.25, -0.2) is 0 Å². The summed E-state index contributed by atoms with van der Waals surface area (Å²) in [6.45, 7) is -0.0421. The van der Waals surface area contributed by atoms with Crippen LogP contribution in [0.1, 0.15) is 11.6 Å². The van der Waals surface area contributed by atoms with Crippen molar-refractivity contribution >= 4 is 12.4 Å². The molecule has 1 aromatic heterocycles. The van der Waals surface area contributed by atoms with Crippen molar-refractivity contribution in [3.05, 3.63) is 24.2 Å². The van der Waals surface area contributed by atoms with Crippen LogP contribution >= 0.6 is 12.4 Å². The van der Waals surface area contributed by atoms with Crippen LogP contribution in [0.3, 0.4) is 0 Å². The number of furan rings is 1. The normalized spacial score (nSPS) is 12.2. The molecule has 0 amide bonds. The number of hydrogen-bond acceptors (Lipinski definition) is 3. The molecule has 1 atom stereocenters. The predicted octanol–water partition coefficient (Wildman–Crippen LogP) is 0.694. The average Bonchev–Trinajstić information content (AvgIpc) is 2.37. The fraction of sp³-hybridized carbons (Fsp3) is 0.333. The van der Waals surface area contributed by atoms with Gasteiger partial charge in [0.2, 0.25) is 0 Å². The highest BCUT2D eigenvalue weighted by atomic mass is 35.5. The Labute approximate surface area is 65.2 Å². The Morgan fingerprint density at radius 3 is 2.80 bits per heavy atom. The molecule has 3 nitrogen and oxygen atoms in total. The average molecular weight is 164 g/mol. The zero-order valence-corrected chi connectivity index (χ0v) is 6.17. The standard InChI is InChI=1S/C6H9NO2.ClH/c7-6(3-8)5-1-2-9-4-5;/h1-2,4,6,8H,3,7H2;1H/t6-;/m1./s1. The van der Waals surface area contributed by atoms with Crippen molar-refractivity contribution < 1.29 is 9.52 Å². The highest BCUT2D eigenvalue weighted by molar-refractivity contribution is 5.85. The number of halogens is 1. The topological polar surface area (TPSA) is 59.4 Å². The molecule has 0 aliphatic rings. The van der Waals surface area contributed by atoms with Crippen LogP contribution in [-0.2, 0) is 0 Å². The second-order valence-corrected chi connectivity index (χ2v) is 1.85. The van der Waals surface area contributed by atoms with E-state index in [1.807, 2.05) is 0 Å². The SMILES string of the molecule is Cl.N[C@H](CO)c1ccoc1. The smallest absolute Gasteiger partial charge is 0.0951 e. The molecule has 0 radical (unpaired) electrons. The molecule has 4 heteroatoms. The first kappa shape index (κ1) is 9.49. The second-order valence-electron chi connectivity index (χ2n) is 1.85. The quantitative estimate of drug-likeness (QED) is 0.675. The van der Waals surface area contributed by atoms with Gasteiger partial charge in [0.15, 0.2) is 0 Å². The van der Waals surface area contributed by atoms with E-state index < -0.39 is 0 Å². The monoisotopic (exact) mass is 163 g/mol. The van der Waals surface area contributed by atoms with Crippen molar-refractivity contribution in [3.8, 4) is 0 Å². The van der Waals surface area contributed by atoms with E-state index in [-0.39, 0.29) is 25.1 Å². The van der Waals surface area contributed by atoms with Gasteiger partial charge in [-0.05, 0) is 6.07 Å². The van der Waals surface area contributed by atoms with Crippen molar-refractivity contribution in [3.63, 3.8) is 0 Å². The lowest BCUT2D eigenvalue weighted by atomic mass is 10.2. The molecule has 0 bridgehead atoms. The van der Waals surface area contributed by atoms with Gasteiger partial charge in [-0.2, -0.15) is 0 Å². The third kappa shape index (κ3) is 2.02. The lowest BCUT2D eigenvalue weighted by molar-refractivity contribution is 0.267. The van der Waals surface area contributed by atoms with Crippen LogP contribution < -0.4 is 5.73 Å². The predicted molar refractivity (Wildman–Crippen MR) is 40.0 cm³/mol. The van der Waals surface area contributed by atoms with Gasteiger partial charge >= 0.3 is 0 Å². The molecule has 0 saturated carbocycles. The lowest BCUT2D eigenvalue weighted by Crippen LogP contribution is -2.13. The Bertz CT molecular complexity index is 164. The molecule has 0 spiro atoms. The second kappa shape index (κ2) is 4.33. The maximum Gasteiger partial charge on any atom is 0.0951 e. The van der Waals surface area contributed by atoms with Crippen LogP contribution in [0.25, 0.3) is 0 Å². The minimum absolute atomic E-state index is 0. The summed E-state index contributed by atoms with van der Waals surface area (Å²) >= 11 is 0. The first-order valence-corrected chi connectivity index (χ1v) is 2.73. The fourth-order valence-electron chi connectivity index (χ4n) is 0.591. The Hall–Kier alpha value is -0.510.